The van der Waals surface area contributed by atoms with Gasteiger partial charge in [-0.05, 0) is 25.7 Å². The molecule has 0 aromatic carbocycles. The highest BCUT2D eigenvalue weighted by Gasteiger charge is 1.92. The molecule has 110 valence electrons. The number of hydrogen-bond acceptors (Lipinski definition) is 3. The third-order valence-corrected chi connectivity index (χ3v) is 2.08. The Morgan fingerprint density at radius 3 is 2.11 bits per heavy atom. The predicted molar refractivity (Wildman–Crippen MR) is 77.0 cm³/mol. The van der Waals surface area contributed by atoms with Gasteiger partial charge in [-0.25, -0.2) is 0 Å². The smallest absolute Gasteiger partial charge is 0.309 e. The van der Waals surface area contributed by atoms with E-state index in [9.17, 15) is 9.59 Å². The number of allylic oxidation sites excluding steroid dienone is 3. The molecule has 0 saturated carbocycles. The fourth-order valence-electron chi connectivity index (χ4n) is 1.09. The first kappa shape index (κ1) is 19.8. The van der Waals surface area contributed by atoms with Crippen LogP contribution in [0.3, 0.4) is 0 Å². The zero-order valence-corrected chi connectivity index (χ0v) is 12.2. The molecule has 0 bridgehead atoms. The number of carbonyl (C=O) groups excluding carboxylic acids is 1. The van der Waals surface area contributed by atoms with E-state index >= 15 is 0 Å². The standard InChI is InChI=1S/C8H14O2.C7H12O2/c1-2-3-4-5-6-7-8(9)10;1-3-4-5-6-7(8)9-2/h3-4H,2,5-7H2,1H3,(H,9,10);4-5H,3,6H2,1-2H3/b4-3-;5-4-. The summed E-state index contributed by atoms with van der Waals surface area (Å²) >= 11 is 0. The third kappa shape index (κ3) is 22.1. The molecule has 0 unspecified atom stereocenters. The monoisotopic (exact) mass is 270 g/mol. The number of hydrogen-bond donors (Lipinski definition) is 1. The van der Waals surface area contributed by atoms with Gasteiger partial charge < -0.3 is 9.84 Å². The molecule has 0 saturated heterocycles. The van der Waals surface area contributed by atoms with Crippen molar-refractivity contribution in [3.63, 3.8) is 0 Å². The molecule has 0 atom stereocenters. The lowest BCUT2D eigenvalue weighted by Crippen LogP contribution is -1.96. The average Bonchev–Trinajstić information content (AvgIpc) is 2.39. The van der Waals surface area contributed by atoms with E-state index < -0.39 is 5.97 Å². The van der Waals surface area contributed by atoms with Crippen LogP contribution >= 0.6 is 0 Å². The van der Waals surface area contributed by atoms with Gasteiger partial charge >= 0.3 is 11.9 Å². The Labute approximate surface area is 116 Å². The van der Waals surface area contributed by atoms with Crippen LogP contribution in [0.1, 0.15) is 52.4 Å². The fraction of sp³-hybridized carbons (Fsp3) is 0.600. The number of carbonyl (C=O) groups is 2. The van der Waals surface area contributed by atoms with Crippen molar-refractivity contribution in [2.45, 2.75) is 52.4 Å². The van der Waals surface area contributed by atoms with Gasteiger partial charge in [-0.15, -0.1) is 0 Å². The van der Waals surface area contributed by atoms with Crippen LogP contribution in [-0.4, -0.2) is 24.2 Å². The van der Waals surface area contributed by atoms with Crippen LogP contribution in [0.2, 0.25) is 0 Å². The summed E-state index contributed by atoms with van der Waals surface area (Å²) in [5.74, 6) is -0.885. The van der Waals surface area contributed by atoms with Crippen molar-refractivity contribution >= 4 is 11.9 Å². The second-order valence-corrected chi connectivity index (χ2v) is 3.83. The van der Waals surface area contributed by atoms with Crippen molar-refractivity contribution in [1.82, 2.24) is 0 Å². The van der Waals surface area contributed by atoms with Gasteiger partial charge in [0.1, 0.15) is 0 Å². The molecule has 0 aliphatic heterocycles. The minimum atomic E-state index is -0.704. The molecule has 0 aliphatic carbocycles. The van der Waals surface area contributed by atoms with Crippen LogP contribution in [0.25, 0.3) is 0 Å². The maximum atomic E-state index is 10.4. The number of methoxy groups -OCH3 is 1. The average molecular weight is 270 g/mol. The van der Waals surface area contributed by atoms with Crippen LogP contribution in [0.4, 0.5) is 0 Å². The van der Waals surface area contributed by atoms with Crippen molar-refractivity contribution < 1.29 is 19.4 Å². The summed E-state index contributed by atoms with van der Waals surface area (Å²) in [6.07, 6.45) is 12.2. The van der Waals surface area contributed by atoms with Crippen molar-refractivity contribution in [2.75, 3.05) is 7.11 Å². The van der Waals surface area contributed by atoms with E-state index in [1.165, 1.54) is 7.11 Å². The highest BCUT2D eigenvalue weighted by Crippen LogP contribution is 1.96. The largest absolute Gasteiger partial charge is 0.481 e. The molecule has 0 amide bonds. The van der Waals surface area contributed by atoms with Crippen molar-refractivity contribution in [3.05, 3.63) is 24.3 Å². The SMILES string of the molecule is CC/C=C\CC(=O)OC.CC/C=C\CCCC(=O)O. The Morgan fingerprint density at radius 2 is 1.63 bits per heavy atom. The van der Waals surface area contributed by atoms with E-state index in [0.29, 0.717) is 6.42 Å². The lowest BCUT2D eigenvalue weighted by atomic mass is 10.2. The number of esters is 1. The molecule has 4 heteroatoms. The maximum Gasteiger partial charge on any atom is 0.309 e. The van der Waals surface area contributed by atoms with Gasteiger partial charge in [-0.3, -0.25) is 9.59 Å². The highest BCUT2D eigenvalue weighted by molar-refractivity contribution is 5.70. The normalized spacial score (nSPS) is 10.3. The van der Waals surface area contributed by atoms with E-state index in [0.717, 1.165) is 25.7 Å². The van der Waals surface area contributed by atoms with E-state index in [2.05, 4.69) is 17.7 Å². The fourth-order valence-corrected chi connectivity index (χ4v) is 1.09. The third-order valence-electron chi connectivity index (χ3n) is 2.08. The maximum absolute atomic E-state index is 10.4. The van der Waals surface area contributed by atoms with E-state index in [-0.39, 0.29) is 12.4 Å². The van der Waals surface area contributed by atoms with Crippen LogP contribution in [0.15, 0.2) is 24.3 Å². The molecule has 19 heavy (non-hydrogen) atoms. The van der Waals surface area contributed by atoms with E-state index in [1.54, 1.807) is 0 Å². The Bertz CT molecular complexity index is 280. The Hall–Kier alpha value is -1.58. The highest BCUT2D eigenvalue weighted by atomic mass is 16.5. The van der Waals surface area contributed by atoms with Gasteiger partial charge in [-0.1, -0.05) is 38.2 Å². The molecule has 0 aliphatic rings. The topological polar surface area (TPSA) is 63.6 Å². The molecule has 1 N–H and O–H groups in total. The number of unbranched alkanes of at least 4 members (excludes halogenated alkanes) is 1. The second-order valence-electron chi connectivity index (χ2n) is 3.83. The first-order chi connectivity index (χ1) is 9.08. The minimum absolute atomic E-state index is 0.181. The van der Waals surface area contributed by atoms with Gasteiger partial charge in [-0.2, -0.15) is 0 Å². The lowest BCUT2D eigenvalue weighted by Gasteiger charge is -1.90. The Balaban J connectivity index is 0. The number of aliphatic carboxylic acids is 1. The number of carboxylic acid groups (broad SMARTS) is 1. The van der Waals surface area contributed by atoms with Gasteiger partial charge in [0.2, 0.25) is 0 Å². The number of rotatable bonds is 8. The Kier molecular flexibility index (Phi) is 17.1. The number of carboxylic acids is 1. The van der Waals surface area contributed by atoms with Crippen molar-refractivity contribution in [1.29, 1.82) is 0 Å². The molecule has 0 aromatic rings. The van der Waals surface area contributed by atoms with Gasteiger partial charge in [0.15, 0.2) is 0 Å². The quantitative estimate of drug-likeness (QED) is 0.415. The summed E-state index contributed by atoms with van der Waals surface area (Å²) in [7, 11) is 1.39. The molecule has 0 rings (SSSR count). The second kappa shape index (κ2) is 16.4. The van der Waals surface area contributed by atoms with Gasteiger partial charge in [0, 0.05) is 6.42 Å². The predicted octanol–water partition coefficient (Wildman–Crippen LogP) is 3.72. The zero-order valence-electron chi connectivity index (χ0n) is 12.2. The summed E-state index contributed by atoms with van der Waals surface area (Å²) in [4.78, 5) is 20.4. The van der Waals surface area contributed by atoms with Crippen LogP contribution in [0.5, 0.6) is 0 Å². The molecule has 0 fully saturated rings. The Morgan fingerprint density at radius 1 is 1.05 bits per heavy atom. The summed E-state index contributed by atoms with van der Waals surface area (Å²) < 4.78 is 4.41. The summed E-state index contributed by atoms with van der Waals surface area (Å²) in [6, 6.07) is 0. The molecule has 4 nitrogen and oxygen atoms in total. The van der Waals surface area contributed by atoms with E-state index in [1.807, 2.05) is 25.2 Å². The molecular formula is C15H26O4. The molecule has 0 radical (unpaired) electrons. The molecule has 0 spiro atoms. The van der Waals surface area contributed by atoms with Crippen molar-refractivity contribution in [2.24, 2.45) is 0 Å². The first-order valence-electron chi connectivity index (χ1n) is 6.67. The van der Waals surface area contributed by atoms with Crippen LogP contribution in [-0.2, 0) is 14.3 Å². The minimum Gasteiger partial charge on any atom is -0.481 e. The number of ether oxygens (including phenoxy) is 1. The van der Waals surface area contributed by atoms with Crippen LogP contribution in [0, 0.1) is 0 Å². The lowest BCUT2D eigenvalue weighted by molar-refractivity contribution is -0.139. The molecule has 0 aromatic heterocycles. The van der Waals surface area contributed by atoms with Gasteiger partial charge in [0.05, 0.1) is 13.5 Å². The summed E-state index contributed by atoms with van der Waals surface area (Å²) in [5.41, 5.74) is 0. The van der Waals surface area contributed by atoms with Gasteiger partial charge in [0.25, 0.3) is 0 Å². The van der Waals surface area contributed by atoms with Crippen LogP contribution < -0.4 is 0 Å². The molecule has 0 heterocycles. The first-order valence-corrected chi connectivity index (χ1v) is 6.67. The van der Waals surface area contributed by atoms with Crippen molar-refractivity contribution in [3.8, 4) is 0 Å². The molecular weight excluding hydrogens is 244 g/mol. The zero-order chi connectivity index (χ0) is 14.9. The summed E-state index contributed by atoms with van der Waals surface area (Å²) in [5, 5.41) is 8.25. The summed E-state index contributed by atoms with van der Waals surface area (Å²) in [6.45, 7) is 4.08. The van der Waals surface area contributed by atoms with E-state index in [4.69, 9.17) is 5.11 Å².